The molecule has 1 saturated heterocycles. The van der Waals surface area contributed by atoms with E-state index in [2.05, 4.69) is 15.6 Å². The minimum atomic E-state index is -4.67. The van der Waals surface area contributed by atoms with Crippen molar-refractivity contribution in [3.05, 3.63) is 52.7 Å². The lowest BCUT2D eigenvalue weighted by molar-refractivity contribution is -0.138. The van der Waals surface area contributed by atoms with Gasteiger partial charge in [0, 0.05) is 25.8 Å². The predicted octanol–water partition coefficient (Wildman–Crippen LogP) is 2.44. The first-order valence-corrected chi connectivity index (χ1v) is 10.4. The van der Waals surface area contributed by atoms with Crippen LogP contribution < -0.4 is 15.5 Å². The highest BCUT2D eigenvalue weighted by Gasteiger charge is 2.42. The Labute approximate surface area is 187 Å². The molecule has 2 N–H and O–H groups in total. The van der Waals surface area contributed by atoms with Crippen molar-refractivity contribution in [2.75, 3.05) is 36.4 Å². The van der Waals surface area contributed by atoms with Crippen LogP contribution in [-0.2, 0) is 11.0 Å². The fourth-order valence-electron chi connectivity index (χ4n) is 4.18. The fourth-order valence-corrected chi connectivity index (χ4v) is 4.18. The molecule has 8 nitrogen and oxygen atoms in total. The highest BCUT2D eigenvalue weighted by Crippen LogP contribution is 2.37. The van der Waals surface area contributed by atoms with Crippen molar-refractivity contribution in [2.45, 2.75) is 26.1 Å². The summed E-state index contributed by atoms with van der Waals surface area (Å²) in [4.78, 5) is 45.4. The monoisotopic (exact) mass is 461 g/mol. The van der Waals surface area contributed by atoms with Gasteiger partial charge in [0.2, 0.25) is 5.91 Å². The number of rotatable bonds is 3. The number of pyridine rings is 1. The van der Waals surface area contributed by atoms with E-state index in [9.17, 15) is 27.6 Å². The van der Waals surface area contributed by atoms with E-state index in [0.717, 1.165) is 12.1 Å². The number of carbonyl (C=O) groups excluding carboxylic acids is 3. The zero-order valence-corrected chi connectivity index (χ0v) is 18.0. The normalized spacial score (nSPS) is 17.7. The molecule has 0 radical (unpaired) electrons. The van der Waals surface area contributed by atoms with Gasteiger partial charge in [-0.2, -0.15) is 13.2 Å². The van der Waals surface area contributed by atoms with Gasteiger partial charge in [-0.05, 0) is 31.5 Å². The summed E-state index contributed by atoms with van der Waals surface area (Å²) in [5, 5.41) is 5.45. The minimum absolute atomic E-state index is 0.0882. The van der Waals surface area contributed by atoms with Crippen LogP contribution in [0, 0.1) is 6.92 Å². The zero-order valence-electron chi connectivity index (χ0n) is 18.0. The van der Waals surface area contributed by atoms with Crippen molar-refractivity contribution < 1.29 is 27.6 Å². The van der Waals surface area contributed by atoms with Crippen molar-refractivity contribution in [1.29, 1.82) is 0 Å². The quantitative estimate of drug-likeness (QED) is 0.732. The van der Waals surface area contributed by atoms with Crippen molar-refractivity contribution in [3.8, 4) is 0 Å². The summed E-state index contributed by atoms with van der Waals surface area (Å²) in [6, 6.07) is 3.80. The van der Waals surface area contributed by atoms with Gasteiger partial charge in [-0.1, -0.05) is 12.1 Å². The second-order valence-corrected chi connectivity index (χ2v) is 7.85. The molecule has 0 bridgehead atoms. The molecule has 3 amide bonds. The second kappa shape index (κ2) is 8.38. The average Bonchev–Trinajstić information content (AvgIpc) is 2.79. The minimum Gasteiger partial charge on any atom is -0.352 e. The zero-order chi connectivity index (χ0) is 23.9. The predicted molar refractivity (Wildman–Crippen MR) is 114 cm³/mol. The molecular weight excluding hydrogens is 439 g/mol. The van der Waals surface area contributed by atoms with Crippen LogP contribution in [0.3, 0.4) is 0 Å². The molecule has 2 aromatic rings. The first-order valence-electron chi connectivity index (χ1n) is 10.4. The molecular formula is C22H22F3N5O3. The van der Waals surface area contributed by atoms with Gasteiger partial charge in [0.05, 0.1) is 28.9 Å². The molecule has 174 valence electrons. The highest BCUT2D eigenvalue weighted by molar-refractivity contribution is 6.07. The van der Waals surface area contributed by atoms with Gasteiger partial charge >= 0.3 is 6.18 Å². The van der Waals surface area contributed by atoms with E-state index < -0.39 is 35.2 Å². The Morgan fingerprint density at radius 3 is 2.64 bits per heavy atom. The molecule has 2 aliphatic rings. The average molecular weight is 461 g/mol. The molecule has 1 unspecified atom stereocenters. The number of aromatic nitrogens is 1. The Hall–Kier alpha value is -3.63. The SMILES string of the molecule is CCNC(=O)c1cnc2c(c1C)NC(=O)C1CN(C(=O)c3ccccc3C(F)(F)F)CCN21. The van der Waals surface area contributed by atoms with Crippen LogP contribution in [0.1, 0.15) is 38.8 Å². The third-order valence-corrected chi connectivity index (χ3v) is 5.85. The van der Waals surface area contributed by atoms with Crippen molar-refractivity contribution >= 4 is 29.2 Å². The Morgan fingerprint density at radius 2 is 1.94 bits per heavy atom. The summed E-state index contributed by atoms with van der Waals surface area (Å²) in [6.45, 7) is 4.18. The van der Waals surface area contributed by atoms with Gasteiger partial charge in [0.25, 0.3) is 11.8 Å². The smallest absolute Gasteiger partial charge is 0.352 e. The number of alkyl halides is 3. The maximum absolute atomic E-state index is 13.4. The van der Waals surface area contributed by atoms with Crippen LogP contribution in [0.4, 0.5) is 24.7 Å². The molecule has 1 fully saturated rings. The topological polar surface area (TPSA) is 94.6 Å². The van der Waals surface area contributed by atoms with Gasteiger partial charge < -0.3 is 20.4 Å². The standard InChI is InChI=1S/C22H22F3N5O3/c1-3-26-19(31)14-10-27-18-17(12(14)2)28-20(32)16-11-29(8-9-30(16)18)21(33)13-6-4-5-7-15(13)22(23,24)25/h4-7,10,16H,3,8-9,11H2,1-2H3,(H,26,31)(H,28,32). The van der Waals surface area contributed by atoms with E-state index in [-0.39, 0.29) is 25.5 Å². The molecule has 1 aromatic carbocycles. The molecule has 11 heteroatoms. The van der Waals surface area contributed by atoms with E-state index >= 15 is 0 Å². The number of nitrogens with one attached hydrogen (secondary N) is 2. The lowest BCUT2D eigenvalue weighted by Gasteiger charge is -2.44. The van der Waals surface area contributed by atoms with E-state index in [1.54, 1.807) is 18.7 Å². The van der Waals surface area contributed by atoms with E-state index in [1.165, 1.54) is 23.2 Å². The molecule has 0 spiro atoms. The maximum atomic E-state index is 13.4. The number of fused-ring (bicyclic) bond motifs is 3. The Kier molecular flexibility index (Phi) is 5.73. The lowest BCUT2D eigenvalue weighted by atomic mass is 10.0. The van der Waals surface area contributed by atoms with Gasteiger partial charge in [0.1, 0.15) is 6.04 Å². The summed E-state index contributed by atoms with van der Waals surface area (Å²) in [7, 11) is 0. The third kappa shape index (κ3) is 3.98. The number of amides is 3. The van der Waals surface area contributed by atoms with E-state index in [0.29, 0.717) is 29.2 Å². The second-order valence-electron chi connectivity index (χ2n) is 7.85. The molecule has 0 saturated carbocycles. The van der Waals surface area contributed by atoms with Crippen molar-refractivity contribution in [2.24, 2.45) is 0 Å². The number of piperazine rings is 1. The highest BCUT2D eigenvalue weighted by atomic mass is 19.4. The summed E-state index contributed by atoms with van der Waals surface area (Å²) in [6.07, 6.45) is -3.23. The Balaban J connectivity index is 1.61. The number of nitrogens with zero attached hydrogens (tertiary/aromatic N) is 3. The lowest BCUT2D eigenvalue weighted by Crippen LogP contribution is -2.61. The van der Waals surface area contributed by atoms with E-state index in [4.69, 9.17) is 0 Å². The molecule has 1 aromatic heterocycles. The number of benzene rings is 1. The number of halogens is 3. The van der Waals surface area contributed by atoms with Gasteiger partial charge in [-0.15, -0.1) is 0 Å². The van der Waals surface area contributed by atoms with E-state index in [1.807, 2.05) is 0 Å². The Morgan fingerprint density at radius 1 is 1.21 bits per heavy atom. The molecule has 33 heavy (non-hydrogen) atoms. The van der Waals surface area contributed by atoms with Crippen LogP contribution in [0.2, 0.25) is 0 Å². The van der Waals surface area contributed by atoms with Crippen LogP contribution in [-0.4, -0.2) is 59.8 Å². The maximum Gasteiger partial charge on any atom is 0.417 e. The van der Waals surface area contributed by atoms with Crippen molar-refractivity contribution in [3.63, 3.8) is 0 Å². The van der Waals surface area contributed by atoms with Crippen LogP contribution >= 0.6 is 0 Å². The van der Waals surface area contributed by atoms with Crippen molar-refractivity contribution in [1.82, 2.24) is 15.2 Å². The van der Waals surface area contributed by atoms with Gasteiger partial charge in [0.15, 0.2) is 5.82 Å². The summed E-state index contributed by atoms with van der Waals surface area (Å²) >= 11 is 0. The first-order chi connectivity index (χ1) is 15.6. The first kappa shape index (κ1) is 22.6. The summed E-state index contributed by atoms with van der Waals surface area (Å²) in [5.41, 5.74) is -0.133. The Bertz CT molecular complexity index is 1130. The molecule has 3 heterocycles. The van der Waals surface area contributed by atoms with Crippen LogP contribution in [0.5, 0.6) is 0 Å². The molecule has 0 aliphatic carbocycles. The van der Waals surface area contributed by atoms with Gasteiger partial charge in [-0.25, -0.2) is 4.98 Å². The van der Waals surface area contributed by atoms with Crippen LogP contribution in [0.15, 0.2) is 30.5 Å². The third-order valence-electron chi connectivity index (χ3n) is 5.85. The molecule has 1 atom stereocenters. The summed E-state index contributed by atoms with van der Waals surface area (Å²) in [5.74, 6) is -1.03. The fraction of sp³-hybridized carbons (Fsp3) is 0.364. The summed E-state index contributed by atoms with van der Waals surface area (Å²) < 4.78 is 40.1. The number of anilines is 2. The largest absolute Gasteiger partial charge is 0.417 e. The number of hydrogen-bond acceptors (Lipinski definition) is 5. The van der Waals surface area contributed by atoms with Gasteiger partial charge in [-0.3, -0.25) is 14.4 Å². The molecule has 2 aliphatic heterocycles. The van der Waals surface area contributed by atoms with Crippen LogP contribution in [0.25, 0.3) is 0 Å². The molecule has 4 rings (SSSR count). The number of carbonyl (C=O) groups is 3. The number of hydrogen-bond donors (Lipinski definition) is 2.